The highest BCUT2D eigenvalue weighted by Crippen LogP contribution is 2.37. The van der Waals surface area contributed by atoms with Crippen molar-refractivity contribution in [2.75, 3.05) is 0 Å². The van der Waals surface area contributed by atoms with Crippen LogP contribution in [-0.2, 0) is 9.59 Å². The lowest BCUT2D eigenvalue weighted by Gasteiger charge is -2.52. The van der Waals surface area contributed by atoms with Crippen LogP contribution < -0.4 is 10.6 Å². The molecule has 2 aliphatic rings. The number of nitrogens with one attached hydrogen (secondary N) is 2. The molecule has 0 atom stereocenters. The molecule has 2 saturated heterocycles. The first kappa shape index (κ1) is 23.1. The Bertz CT molecular complexity index is 540. The van der Waals surface area contributed by atoms with E-state index in [1.54, 1.807) is 0 Å². The molecule has 2 fully saturated rings. The van der Waals surface area contributed by atoms with Crippen LogP contribution in [0.25, 0.3) is 0 Å². The summed E-state index contributed by atoms with van der Waals surface area (Å²) in [4.78, 5) is 25.0. The molecular weight excluding hydrogens is 360 g/mol. The third-order valence-electron chi connectivity index (χ3n) is 6.15. The summed E-state index contributed by atoms with van der Waals surface area (Å²) in [5, 5.41) is 29.1. The molecule has 8 heteroatoms. The predicted molar refractivity (Wildman–Crippen MR) is 106 cm³/mol. The van der Waals surface area contributed by atoms with Crippen LogP contribution in [0.5, 0.6) is 0 Å². The first-order valence-electron chi connectivity index (χ1n) is 10.1. The molecule has 0 saturated carbocycles. The van der Waals surface area contributed by atoms with Crippen molar-refractivity contribution < 1.29 is 20.0 Å². The highest BCUT2D eigenvalue weighted by Gasteiger charge is 2.47. The molecule has 2 rings (SSSR count). The zero-order chi connectivity index (χ0) is 21.7. The van der Waals surface area contributed by atoms with E-state index >= 15 is 0 Å². The fourth-order valence-corrected chi connectivity index (χ4v) is 5.25. The summed E-state index contributed by atoms with van der Waals surface area (Å²) in [6.07, 6.45) is 2.20. The van der Waals surface area contributed by atoms with Crippen molar-refractivity contribution >= 4 is 11.8 Å². The van der Waals surface area contributed by atoms with Gasteiger partial charge in [-0.05, 0) is 81.1 Å². The minimum absolute atomic E-state index is 0.196. The number of carbonyl (C=O) groups is 2. The van der Waals surface area contributed by atoms with Gasteiger partial charge in [0.25, 0.3) is 0 Å². The number of carbonyl (C=O) groups excluding carboxylic acids is 2. The largest absolute Gasteiger partial charge is 0.345 e. The van der Waals surface area contributed by atoms with Crippen molar-refractivity contribution in [1.82, 2.24) is 20.8 Å². The van der Waals surface area contributed by atoms with E-state index in [4.69, 9.17) is 0 Å². The van der Waals surface area contributed by atoms with Gasteiger partial charge in [0.2, 0.25) is 0 Å². The Labute approximate surface area is 168 Å². The lowest BCUT2D eigenvalue weighted by molar-refractivity contribution is -0.246. The van der Waals surface area contributed by atoms with E-state index in [1.165, 1.54) is 10.1 Å². The molecule has 0 aromatic heterocycles. The standard InChI is InChI=1S/C20H38N4O4/c1-17(2)9-13(10-18(3,4)23(17)27)21-15(25)16(26)22-14-11-19(5,6)24(28)20(7,8)12-14/h13-14,27-28H,9-12H2,1-8H3,(H,21,25)(H,22,26). The van der Waals surface area contributed by atoms with Crippen molar-refractivity contribution in [2.24, 2.45) is 0 Å². The van der Waals surface area contributed by atoms with Gasteiger partial charge in [0.05, 0.1) is 0 Å². The molecule has 0 bridgehead atoms. The van der Waals surface area contributed by atoms with E-state index in [1.807, 2.05) is 55.4 Å². The van der Waals surface area contributed by atoms with Gasteiger partial charge in [0, 0.05) is 34.2 Å². The molecule has 28 heavy (non-hydrogen) atoms. The predicted octanol–water partition coefficient (Wildman–Crippen LogP) is 2.04. The fourth-order valence-electron chi connectivity index (χ4n) is 5.25. The first-order chi connectivity index (χ1) is 12.5. The van der Waals surface area contributed by atoms with Crippen LogP contribution in [0.1, 0.15) is 81.1 Å². The summed E-state index contributed by atoms with van der Waals surface area (Å²) in [5.41, 5.74) is -2.01. The number of nitrogens with zero attached hydrogens (tertiary/aromatic N) is 2. The number of piperidine rings is 2. The average Bonchev–Trinajstić information content (AvgIpc) is 2.49. The Kier molecular flexibility index (Phi) is 5.96. The molecule has 0 aliphatic carbocycles. The lowest BCUT2D eigenvalue weighted by atomic mass is 9.78. The summed E-state index contributed by atoms with van der Waals surface area (Å²) in [7, 11) is 0. The maximum Gasteiger partial charge on any atom is 0.309 e. The van der Waals surface area contributed by atoms with E-state index in [-0.39, 0.29) is 12.1 Å². The van der Waals surface area contributed by atoms with Crippen LogP contribution in [0.3, 0.4) is 0 Å². The van der Waals surface area contributed by atoms with Gasteiger partial charge < -0.3 is 21.0 Å². The minimum Gasteiger partial charge on any atom is -0.345 e. The normalized spacial score (nSPS) is 27.9. The van der Waals surface area contributed by atoms with Crippen molar-refractivity contribution in [1.29, 1.82) is 0 Å². The van der Waals surface area contributed by atoms with E-state index in [0.717, 1.165) is 0 Å². The molecule has 2 aliphatic heterocycles. The van der Waals surface area contributed by atoms with Crippen LogP contribution >= 0.6 is 0 Å². The van der Waals surface area contributed by atoms with Gasteiger partial charge in [0.1, 0.15) is 0 Å². The second-order valence-corrected chi connectivity index (χ2v) is 11.0. The molecule has 0 aromatic carbocycles. The van der Waals surface area contributed by atoms with E-state index in [0.29, 0.717) is 25.7 Å². The molecular formula is C20H38N4O4. The number of amides is 2. The Balaban J connectivity index is 1.99. The Morgan fingerprint density at radius 1 is 0.643 bits per heavy atom. The maximum atomic E-state index is 12.5. The molecule has 8 nitrogen and oxygen atoms in total. The van der Waals surface area contributed by atoms with Crippen molar-refractivity contribution in [3.8, 4) is 0 Å². The third kappa shape index (κ3) is 4.67. The van der Waals surface area contributed by atoms with Crippen LogP contribution in [0.2, 0.25) is 0 Å². The highest BCUT2D eigenvalue weighted by molar-refractivity contribution is 6.35. The highest BCUT2D eigenvalue weighted by atomic mass is 16.5. The van der Waals surface area contributed by atoms with Crippen molar-refractivity contribution in [3.63, 3.8) is 0 Å². The maximum absolute atomic E-state index is 12.5. The monoisotopic (exact) mass is 398 g/mol. The second-order valence-electron chi connectivity index (χ2n) is 11.0. The third-order valence-corrected chi connectivity index (χ3v) is 6.15. The lowest BCUT2D eigenvalue weighted by Crippen LogP contribution is -2.65. The smallest absolute Gasteiger partial charge is 0.309 e. The Morgan fingerprint density at radius 2 is 0.857 bits per heavy atom. The zero-order valence-corrected chi connectivity index (χ0v) is 18.6. The summed E-state index contributed by atoms with van der Waals surface area (Å²) in [6.45, 7) is 15.3. The zero-order valence-electron chi connectivity index (χ0n) is 18.6. The quantitative estimate of drug-likeness (QED) is 0.531. The Hall–Kier alpha value is -1.22. The molecule has 0 unspecified atom stereocenters. The van der Waals surface area contributed by atoms with Crippen LogP contribution in [0.15, 0.2) is 0 Å². The van der Waals surface area contributed by atoms with Crippen molar-refractivity contribution in [3.05, 3.63) is 0 Å². The topological polar surface area (TPSA) is 105 Å². The van der Waals surface area contributed by atoms with E-state index < -0.39 is 34.0 Å². The number of hydrogen-bond donors (Lipinski definition) is 4. The molecule has 2 amide bonds. The van der Waals surface area contributed by atoms with Crippen LogP contribution in [-0.4, -0.2) is 66.6 Å². The van der Waals surface area contributed by atoms with Crippen molar-refractivity contribution in [2.45, 2.75) is 115 Å². The molecule has 0 spiro atoms. The summed E-state index contributed by atoms with van der Waals surface area (Å²) >= 11 is 0. The Morgan fingerprint density at radius 3 is 1.07 bits per heavy atom. The second kappa shape index (κ2) is 7.23. The summed E-state index contributed by atoms with van der Waals surface area (Å²) in [5.74, 6) is -1.30. The molecule has 2 heterocycles. The molecule has 162 valence electrons. The summed E-state index contributed by atoms with van der Waals surface area (Å²) < 4.78 is 0. The summed E-state index contributed by atoms with van der Waals surface area (Å²) in [6, 6.07) is -0.391. The first-order valence-corrected chi connectivity index (χ1v) is 10.1. The minimum atomic E-state index is -0.648. The van der Waals surface area contributed by atoms with Gasteiger partial charge >= 0.3 is 11.8 Å². The van der Waals surface area contributed by atoms with Crippen LogP contribution in [0.4, 0.5) is 0 Å². The van der Waals surface area contributed by atoms with E-state index in [9.17, 15) is 20.0 Å². The fraction of sp³-hybridized carbons (Fsp3) is 0.900. The molecule has 0 aromatic rings. The number of hydrogen-bond acceptors (Lipinski definition) is 6. The van der Waals surface area contributed by atoms with Gasteiger partial charge in [-0.15, -0.1) is 0 Å². The van der Waals surface area contributed by atoms with Gasteiger partial charge in [-0.1, -0.05) is 0 Å². The average molecular weight is 399 g/mol. The molecule has 4 N–H and O–H groups in total. The van der Waals surface area contributed by atoms with Crippen LogP contribution in [0, 0.1) is 0 Å². The van der Waals surface area contributed by atoms with E-state index in [2.05, 4.69) is 10.6 Å². The van der Waals surface area contributed by atoms with Gasteiger partial charge in [0.15, 0.2) is 0 Å². The SMILES string of the molecule is CC1(C)CC(NC(=O)C(=O)NC2CC(C)(C)N(O)C(C)(C)C2)CC(C)(C)N1O. The van der Waals surface area contributed by atoms with Gasteiger partial charge in [-0.3, -0.25) is 9.59 Å². The van der Waals surface area contributed by atoms with Gasteiger partial charge in [-0.25, -0.2) is 0 Å². The number of hydroxylamine groups is 4. The number of rotatable bonds is 2. The molecule has 0 radical (unpaired) electrons. The van der Waals surface area contributed by atoms with Gasteiger partial charge in [-0.2, -0.15) is 10.1 Å².